The SMILES string of the molecule is COC(=O)Cn1c(=O)c2c(nc3n(C(C)C)c(C)c(C)n23)n(C)c1=O. The van der Waals surface area contributed by atoms with E-state index < -0.39 is 23.8 Å². The Labute approximate surface area is 143 Å². The molecule has 0 aliphatic carbocycles. The number of esters is 1. The van der Waals surface area contributed by atoms with Gasteiger partial charge in [0.15, 0.2) is 11.2 Å². The predicted octanol–water partition coefficient (Wildman–Crippen LogP) is 0.520. The van der Waals surface area contributed by atoms with E-state index in [1.165, 1.54) is 18.7 Å². The van der Waals surface area contributed by atoms with Crippen LogP contribution in [0.15, 0.2) is 9.59 Å². The van der Waals surface area contributed by atoms with Gasteiger partial charge in [-0.15, -0.1) is 0 Å². The number of methoxy groups -OCH3 is 1. The Morgan fingerprint density at radius 2 is 1.84 bits per heavy atom. The number of aryl methyl sites for hydroxylation is 2. The molecule has 9 heteroatoms. The topological polar surface area (TPSA) is 92.5 Å². The molecule has 0 fully saturated rings. The number of imidazole rings is 2. The van der Waals surface area contributed by atoms with Gasteiger partial charge in [-0.05, 0) is 27.7 Å². The van der Waals surface area contributed by atoms with E-state index in [9.17, 15) is 14.4 Å². The highest BCUT2D eigenvalue weighted by Gasteiger charge is 2.24. The van der Waals surface area contributed by atoms with Crippen LogP contribution in [-0.4, -0.2) is 36.2 Å². The second-order valence-electron chi connectivity index (χ2n) is 6.36. The molecular weight excluding hydrogens is 326 g/mol. The summed E-state index contributed by atoms with van der Waals surface area (Å²) in [6.45, 7) is 7.48. The molecule has 0 saturated carbocycles. The summed E-state index contributed by atoms with van der Waals surface area (Å²) in [7, 11) is 2.75. The van der Waals surface area contributed by atoms with Gasteiger partial charge in [0.25, 0.3) is 5.56 Å². The normalized spacial score (nSPS) is 11.8. The van der Waals surface area contributed by atoms with Gasteiger partial charge in [0.1, 0.15) is 6.54 Å². The van der Waals surface area contributed by atoms with Crippen LogP contribution in [0.4, 0.5) is 0 Å². The smallest absolute Gasteiger partial charge is 0.333 e. The maximum absolute atomic E-state index is 12.9. The molecular formula is C16H21N5O4. The molecule has 0 radical (unpaired) electrons. The van der Waals surface area contributed by atoms with Gasteiger partial charge >= 0.3 is 11.7 Å². The molecule has 0 saturated heterocycles. The summed E-state index contributed by atoms with van der Waals surface area (Å²) in [4.78, 5) is 41.6. The maximum atomic E-state index is 12.9. The number of ether oxygens (including phenoxy) is 1. The number of aromatic nitrogens is 5. The minimum Gasteiger partial charge on any atom is -0.468 e. The van der Waals surface area contributed by atoms with Crippen molar-refractivity contribution in [2.45, 2.75) is 40.3 Å². The Kier molecular flexibility index (Phi) is 3.81. The first kappa shape index (κ1) is 17.0. The van der Waals surface area contributed by atoms with Crippen LogP contribution in [-0.2, 0) is 23.1 Å². The van der Waals surface area contributed by atoms with Gasteiger partial charge in [0.2, 0.25) is 5.78 Å². The molecule has 3 rings (SSSR count). The van der Waals surface area contributed by atoms with E-state index in [2.05, 4.69) is 9.72 Å². The molecule has 9 nitrogen and oxygen atoms in total. The zero-order valence-corrected chi connectivity index (χ0v) is 15.2. The van der Waals surface area contributed by atoms with Crippen molar-refractivity contribution in [3.05, 3.63) is 32.2 Å². The average molecular weight is 347 g/mol. The van der Waals surface area contributed by atoms with Crippen molar-refractivity contribution < 1.29 is 9.53 Å². The Morgan fingerprint density at radius 3 is 2.40 bits per heavy atom. The molecule has 25 heavy (non-hydrogen) atoms. The highest BCUT2D eigenvalue weighted by atomic mass is 16.5. The molecule has 3 aromatic heterocycles. The molecule has 3 aromatic rings. The monoisotopic (exact) mass is 347 g/mol. The third-order valence-corrected chi connectivity index (χ3v) is 4.59. The fourth-order valence-corrected chi connectivity index (χ4v) is 3.23. The maximum Gasteiger partial charge on any atom is 0.333 e. The number of carbonyl (C=O) groups excluding carboxylic acids is 1. The highest BCUT2D eigenvalue weighted by molar-refractivity contribution is 5.77. The molecule has 0 bridgehead atoms. The molecule has 0 unspecified atom stereocenters. The van der Waals surface area contributed by atoms with E-state index in [1.54, 1.807) is 4.40 Å². The third kappa shape index (κ3) is 2.22. The van der Waals surface area contributed by atoms with Crippen molar-refractivity contribution in [2.75, 3.05) is 7.11 Å². The van der Waals surface area contributed by atoms with Crippen molar-refractivity contribution in [3.8, 4) is 0 Å². The van der Waals surface area contributed by atoms with Crippen LogP contribution in [0.2, 0.25) is 0 Å². The van der Waals surface area contributed by atoms with Crippen molar-refractivity contribution in [1.82, 2.24) is 23.1 Å². The van der Waals surface area contributed by atoms with E-state index >= 15 is 0 Å². The lowest BCUT2D eigenvalue weighted by atomic mass is 10.3. The Morgan fingerprint density at radius 1 is 1.20 bits per heavy atom. The van der Waals surface area contributed by atoms with Crippen LogP contribution in [0.3, 0.4) is 0 Å². The number of fused-ring (bicyclic) bond motifs is 3. The number of hydrogen-bond donors (Lipinski definition) is 0. The Bertz CT molecular complexity index is 1130. The van der Waals surface area contributed by atoms with Crippen LogP contribution in [0.1, 0.15) is 31.3 Å². The summed E-state index contributed by atoms with van der Waals surface area (Å²) in [5.41, 5.74) is 1.28. The first-order valence-electron chi connectivity index (χ1n) is 7.96. The van der Waals surface area contributed by atoms with Gasteiger partial charge < -0.3 is 9.30 Å². The summed E-state index contributed by atoms with van der Waals surface area (Å²) in [6.07, 6.45) is 0. The van der Waals surface area contributed by atoms with Gasteiger partial charge in [0, 0.05) is 24.5 Å². The lowest BCUT2D eigenvalue weighted by Crippen LogP contribution is -2.41. The summed E-state index contributed by atoms with van der Waals surface area (Å²) in [6, 6.07) is 0.141. The van der Waals surface area contributed by atoms with Gasteiger partial charge in [-0.2, -0.15) is 4.98 Å². The third-order valence-electron chi connectivity index (χ3n) is 4.59. The minimum atomic E-state index is -0.660. The zero-order chi connectivity index (χ0) is 18.6. The van der Waals surface area contributed by atoms with Crippen LogP contribution in [0, 0.1) is 13.8 Å². The van der Waals surface area contributed by atoms with Crippen LogP contribution in [0.25, 0.3) is 16.9 Å². The fraction of sp³-hybridized carbons (Fsp3) is 0.500. The molecule has 0 atom stereocenters. The minimum absolute atomic E-state index is 0.141. The van der Waals surface area contributed by atoms with Crippen molar-refractivity contribution >= 4 is 22.9 Å². The van der Waals surface area contributed by atoms with Crippen LogP contribution >= 0.6 is 0 Å². The van der Waals surface area contributed by atoms with Crippen molar-refractivity contribution in [2.24, 2.45) is 7.05 Å². The summed E-state index contributed by atoms with van der Waals surface area (Å²) < 4.78 is 10.5. The van der Waals surface area contributed by atoms with E-state index in [-0.39, 0.29) is 11.6 Å². The fourth-order valence-electron chi connectivity index (χ4n) is 3.23. The van der Waals surface area contributed by atoms with E-state index in [1.807, 2.05) is 32.3 Å². The number of hydrogen-bond acceptors (Lipinski definition) is 5. The molecule has 3 heterocycles. The summed E-state index contributed by atoms with van der Waals surface area (Å²) in [5, 5.41) is 0. The number of nitrogens with zero attached hydrogens (tertiary/aromatic N) is 5. The van der Waals surface area contributed by atoms with Crippen molar-refractivity contribution in [1.29, 1.82) is 0 Å². The molecule has 0 aliphatic heterocycles. The van der Waals surface area contributed by atoms with Gasteiger partial charge in [-0.3, -0.25) is 18.6 Å². The van der Waals surface area contributed by atoms with Crippen LogP contribution in [0.5, 0.6) is 0 Å². The van der Waals surface area contributed by atoms with Gasteiger partial charge in [-0.25, -0.2) is 9.36 Å². The summed E-state index contributed by atoms with van der Waals surface area (Å²) >= 11 is 0. The molecule has 0 N–H and O–H groups in total. The molecule has 0 aliphatic rings. The van der Waals surface area contributed by atoms with Gasteiger partial charge in [0.05, 0.1) is 7.11 Å². The van der Waals surface area contributed by atoms with E-state index in [0.717, 1.165) is 16.0 Å². The largest absolute Gasteiger partial charge is 0.468 e. The standard InChI is InChI=1S/C16H21N5O4/c1-8(2)20-9(3)10(4)21-12-13(17-15(20)21)18(5)16(24)19(14(12)23)7-11(22)25-6/h8H,7H2,1-6H3. The van der Waals surface area contributed by atoms with Crippen LogP contribution < -0.4 is 11.2 Å². The first-order valence-corrected chi connectivity index (χ1v) is 7.96. The number of rotatable bonds is 3. The van der Waals surface area contributed by atoms with E-state index in [4.69, 9.17) is 0 Å². The van der Waals surface area contributed by atoms with E-state index in [0.29, 0.717) is 11.4 Å². The average Bonchev–Trinajstić information content (AvgIpc) is 3.05. The Balaban J connectivity index is 2.52. The lowest BCUT2D eigenvalue weighted by molar-refractivity contribution is -0.141. The molecule has 0 amide bonds. The highest BCUT2D eigenvalue weighted by Crippen LogP contribution is 2.23. The molecule has 134 valence electrons. The second kappa shape index (κ2) is 5.61. The van der Waals surface area contributed by atoms with Crippen molar-refractivity contribution in [3.63, 3.8) is 0 Å². The molecule has 0 spiro atoms. The summed E-state index contributed by atoms with van der Waals surface area (Å²) in [5.74, 6) is -0.0603. The second-order valence-corrected chi connectivity index (χ2v) is 6.36. The zero-order valence-electron chi connectivity index (χ0n) is 15.2. The van der Waals surface area contributed by atoms with Gasteiger partial charge in [-0.1, -0.05) is 0 Å². The number of carbonyl (C=O) groups is 1. The molecule has 0 aromatic carbocycles. The Hall–Kier alpha value is -2.84. The first-order chi connectivity index (χ1) is 11.7. The predicted molar refractivity (Wildman–Crippen MR) is 92.1 cm³/mol. The lowest BCUT2D eigenvalue weighted by Gasteiger charge is -2.09. The quantitative estimate of drug-likeness (QED) is 0.644.